The smallest absolute Gasteiger partial charge is 0.407 e. The summed E-state index contributed by atoms with van der Waals surface area (Å²) in [6, 6.07) is 3.46. The highest BCUT2D eigenvalue weighted by Crippen LogP contribution is 2.54. The molecule has 8 fully saturated rings. The molecular weight excluding hydrogens is 1170 g/mol. The van der Waals surface area contributed by atoms with Crippen molar-refractivity contribution in [1.82, 2.24) is 46.1 Å². The number of ether oxygens (including phenoxy) is 2. The number of aliphatic hydroxyl groups excluding tert-OH is 1. The summed E-state index contributed by atoms with van der Waals surface area (Å²) in [5.74, 6) is 2.71. The van der Waals surface area contributed by atoms with Crippen LogP contribution < -0.4 is 44.5 Å². The minimum Gasteiger partial charge on any atom is -0.444 e. The Morgan fingerprint density at radius 3 is 1.38 bits per heavy atom. The Morgan fingerprint density at radius 1 is 0.591 bits per heavy atom. The van der Waals surface area contributed by atoms with Crippen molar-refractivity contribution in [2.24, 2.45) is 79.6 Å². The number of nitrogens with two attached hydrogens (primary N) is 4. The van der Waals surface area contributed by atoms with Gasteiger partial charge in [-0.3, -0.25) is 29.3 Å². The summed E-state index contributed by atoms with van der Waals surface area (Å²) in [7, 11) is 0. The van der Waals surface area contributed by atoms with E-state index in [-0.39, 0.29) is 73.1 Å². The van der Waals surface area contributed by atoms with Crippen molar-refractivity contribution in [3.63, 3.8) is 0 Å². The molecule has 12 atom stereocenters. The van der Waals surface area contributed by atoms with Crippen LogP contribution in [0, 0.1) is 56.7 Å². The predicted molar refractivity (Wildman–Crippen MR) is 390 cm³/mol. The number of primary amides is 1. The van der Waals surface area contributed by atoms with Crippen molar-refractivity contribution in [3.05, 3.63) is 0 Å². The second-order valence-electron chi connectivity index (χ2n) is 37.0. The van der Waals surface area contributed by atoms with E-state index in [1.807, 2.05) is 52.5 Å². The number of aliphatic hydroxyl groups is 1. The largest absolute Gasteiger partial charge is 0.444 e. The number of fused-ring (bicyclic) bond motifs is 3. The van der Waals surface area contributed by atoms with Crippen molar-refractivity contribution >= 4 is 12.0 Å². The van der Waals surface area contributed by atoms with Gasteiger partial charge in [-0.1, -0.05) is 119 Å². The lowest BCUT2D eigenvalue weighted by Crippen LogP contribution is -2.60. The van der Waals surface area contributed by atoms with Crippen LogP contribution >= 0.6 is 0 Å². The molecule has 2 aliphatic carbocycles. The normalized spacial score (nSPS) is 28.9. The molecule has 2 amide bonds. The van der Waals surface area contributed by atoms with Gasteiger partial charge in [0.1, 0.15) is 16.8 Å². The lowest BCUT2D eigenvalue weighted by molar-refractivity contribution is -0.121. The number of carbonyl (C=O) groups excluding carboxylic acids is 2. The Labute approximate surface area is 572 Å². The van der Waals surface area contributed by atoms with E-state index in [4.69, 9.17) is 47.9 Å². The topological polar surface area (TPSA) is 282 Å². The van der Waals surface area contributed by atoms with Gasteiger partial charge in [-0.2, -0.15) is 11.0 Å². The first-order valence-corrected chi connectivity index (χ1v) is 35.1. The molecule has 93 heavy (non-hydrogen) atoms. The SMILES string of the molecule is C.C.CC(C)(C)C(C)(NO)NO.CC(C)(C)N1C[C@@H]2CCCO[C@H]2C1.CC(C)(C)OC(=O)N[C@@H]1CCN(C(C)(C)C)C1.CC(N1CC2C(C1)C2(N)C(N)=O)C(C)(C)C.CC(N1CC2C(N)C2C1)C(C)(C)C.CC(N1CCC(N)C1)C(C)(C)C.CC(NCCO)C(C)(C)C. The van der Waals surface area contributed by atoms with Gasteiger partial charge in [-0.25, -0.2) is 4.79 Å². The quantitative estimate of drug-likeness (QED) is 0.0716. The van der Waals surface area contributed by atoms with E-state index >= 15 is 0 Å². The third kappa shape index (κ3) is 28.4. The van der Waals surface area contributed by atoms with Crippen LogP contribution in [0.2, 0.25) is 0 Å². The van der Waals surface area contributed by atoms with Crippen LogP contribution in [0.4, 0.5) is 4.79 Å². The molecule has 6 heterocycles. The van der Waals surface area contributed by atoms with Gasteiger partial charge < -0.3 is 58.6 Å². The molecule has 0 aromatic carbocycles. The first-order chi connectivity index (χ1) is 41.0. The highest BCUT2D eigenvalue weighted by atomic mass is 16.6. The van der Waals surface area contributed by atoms with Crippen molar-refractivity contribution in [1.29, 1.82) is 0 Å². The summed E-state index contributed by atoms with van der Waals surface area (Å²) >= 11 is 0. The van der Waals surface area contributed by atoms with E-state index in [0.29, 0.717) is 65.3 Å². The Bertz CT molecular complexity index is 2110. The van der Waals surface area contributed by atoms with E-state index < -0.39 is 16.8 Å². The minimum absolute atomic E-state index is 0. The van der Waals surface area contributed by atoms with Gasteiger partial charge in [0.15, 0.2) is 0 Å². The maximum atomic E-state index is 11.6. The molecule has 8 aliphatic rings. The zero-order valence-electron chi connectivity index (χ0n) is 64.0. The number of amides is 2. The Balaban J connectivity index is 0.00000107. The molecule has 556 valence electrons. The van der Waals surface area contributed by atoms with Gasteiger partial charge in [0.25, 0.3) is 0 Å². The molecule has 20 heteroatoms. The number of nitrogens with zero attached hydrogens (tertiary/aromatic N) is 5. The standard InChI is InChI=1S/C13H26N2O2.C12H23N3O.C11H22N2.C11H21NO.C10H22N2.C8H19NO.C6H16N2O2.2CH4/c1-12(2,3)15-8-7-10(9-15)14-11(16)17-13(4,5)6;1-7(11(2,3)4)15-5-8-9(6-15)12(8,14)10(13)16;1-7(11(2,3)4)13-5-8-9(6-13)10(8)12;1-11(2,3)12-7-9-5-4-6-13-10(9)8-12;1-8(10(2,3)4)12-6-5-9(11)7-12;1-7(8(2,3)4)9-5-6-10;1-5(2,3)6(4,7-9)8-10;;/h10H,7-9H2,1-6H3,(H,14,16);7-9H,5-6,14H2,1-4H3,(H2,13,16);7-10H,5-6,12H2,1-4H3;9-10H,4-8H2,1-3H3;8-9H,5-7,11H2,1-4H3;7,9-10H,5-6H2,1-4H3;7-10H,1-4H3;2*1H4/t10-;;;9-,10-;;;;;/m1..0...../s1. The number of alkyl carbamates (subject to hydrolysis) is 1. The lowest BCUT2D eigenvalue weighted by Gasteiger charge is -2.38. The fraction of sp³-hybridized carbons (Fsp3) is 0.973. The average molecular weight is 1330 g/mol. The predicted octanol–water partition coefficient (Wildman–Crippen LogP) is 10.2. The van der Waals surface area contributed by atoms with E-state index in [2.05, 4.69) is 187 Å². The number of piperidine rings is 2. The maximum Gasteiger partial charge on any atom is 0.407 e. The number of hydrogen-bond acceptors (Lipinski definition) is 18. The molecule has 0 spiro atoms. The highest BCUT2D eigenvalue weighted by Gasteiger charge is 2.70. The van der Waals surface area contributed by atoms with Crippen LogP contribution in [-0.4, -0.2) is 214 Å². The molecule has 6 aliphatic heterocycles. The first-order valence-electron chi connectivity index (χ1n) is 35.1. The molecule has 0 aromatic rings. The van der Waals surface area contributed by atoms with Crippen LogP contribution in [0.3, 0.4) is 0 Å². The number of hydrogen-bond donors (Lipinski definition) is 11. The summed E-state index contributed by atoms with van der Waals surface area (Å²) in [5.41, 5.74) is 26.7. The molecule has 2 saturated carbocycles. The molecule has 0 bridgehead atoms. The number of nitrogens with one attached hydrogen (secondary N) is 4. The van der Waals surface area contributed by atoms with Crippen molar-refractivity contribution in [3.8, 4) is 0 Å². The van der Waals surface area contributed by atoms with Crippen molar-refractivity contribution < 1.29 is 34.6 Å². The fourth-order valence-electron chi connectivity index (χ4n) is 12.5. The van der Waals surface area contributed by atoms with Gasteiger partial charge in [-0.05, 0) is 167 Å². The molecule has 8 rings (SSSR count). The van der Waals surface area contributed by atoms with Crippen molar-refractivity contribution in [2.45, 2.75) is 318 Å². The molecule has 6 saturated heterocycles. The summed E-state index contributed by atoms with van der Waals surface area (Å²) in [6.07, 6.45) is 5.03. The average Bonchev–Trinajstić information content (AvgIpc) is 1.53. The Morgan fingerprint density at radius 2 is 1.04 bits per heavy atom. The van der Waals surface area contributed by atoms with Crippen LogP contribution in [-0.2, 0) is 14.3 Å². The van der Waals surface area contributed by atoms with Crippen LogP contribution in [0.5, 0.6) is 0 Å². The second kappa shape index (κ2) is 36.0. The van der Waals surface area contributed by atoms with Crippen LogP contribution in [0.1, 0.15) is 241 Å². The third-order valence-corrected chi connectivity index (χ3v) is 21.9. The molecule has 0 radical (unpaired) electrons. The number of rotatable bonds is 10. The van der Waals surface area contributed by atoms with E-state index in [1.165, 1.54) is 45.4 Å². The number of hydroxylamine groups is 2. The summed E-state index contributed by atoms with van der Waals surface area (Å²) < 4.78 is 11.0. The van der Waals surface area contributed by atoms with Crippen LogP contribution in [0.15, 0.2) is 0 Å². The summed E-state index contributed by atoms with van der Waals surface area (Å²) in [6.45, 7) is 75.4. The van der Waals surface area contributed by atoms with E-state index in [1.54, 1.807) is 6.92 Å². The Kier molecular flexibility index (Phi) is 35.2. The zero-order chi connectivity index (χ0) is 70.8. The monoisotopic (exact) mass is 1330 g/mol. The van der Waals surface area contributed by atoms with Gasteiger partial charge >= 0.3 is 6.09 Å². The minimum atomic E-state index is -0.868. The molecule has 20 nitrogen and oxygen atoms in total. The van der Waals surface area contributed by atoms with Gasteiger partial charge in [-0.15, -0.1) is 0 Å². The van der Waals surface area contributed by atoms with Crippen LogP contribution in [0.25, 0.3) is 0 Å². The van der Waals surface area contributed by atoms with Gasteiger partial charge in [0.05, 0.1) is 12.7 Å². The highest BCUT2D eigenvalue weighted by molar-refractivity contribution is 5.89. The van der Waals surface area contributed by atoms with Gasteiger partial charge in [0.2, 0.25) is 5.91 Å². The lowest BCUT2D eigenvalue weighted by atomic mass is 9.83. The summed E-state index contributed by atoms with van der Waals surface area (Å²) in [4.78, 5) is 35.4. The van der Waals surface area contributed by atoms with E-state index in [0.717, 1.165) is 70.0 Å². The number of likely N-dealkylation sites (tertiary alicyclic amines) is 5. The summed E-state index contributed by atoms with van der Waals surface area (Å²) in [5, 5.41) is 32.0. The van der Waals surface area contributed by atoms with Gasteiger partial charge in [0, 0.05) is 144 Å². The second-order valence-corrected chi connectivity index (χ2v) is 37.0. The number of carbonyl (C=O) groups is 2. The molecular formula is C73H157N13O7. The molecule has 0 aromatic heterocycles. The third-order valence-electron chi connectivity index (χ3n) is 21.9. The Hall–Kier alpha value is -1.86. The fourth-order valence-corrected chi connectivity index (χ4v) is 12.5. The maximum absolute atomic E-state index is 11.6. The zero-order valence-corrected chi connectivity index (χ0v) is 64.0. The van der Waals surface area contributed by atoms with Crippen molar-refractivity contribution in [2.75, 3.05) is 85.2 Å². The molecule has 9 unspecified atom stereocenters. The molecule has 15 N–H and O–H groups in total. The first kappa shape index (κ1) is 91.1. The van der Waals surface area contributed by atoms with E-state index in [9.17, 15) is 9.59 Å².